The first-order valence-electron chi connectivity index (χ1n) is 10.6. The SMILES string of the molecule is COc1ccc(NC(=O)c2c(NC(=O)c3ccccc3F)sc3c2CCC(C)C3)c(OC)c1. The third kappa shape index (κ3) is 4.71. The molecule has 4 rings (SSSR count). The Morgan fingerprint density at radius 3 is 2.58 bits per heavy atom. The van der Waals surface area contributed by atoms with Crippen LogP contribution in [-0.4, -0.2) is 26.0 Å². The van der Waals surface area contributed by atoms with Crippen LogP contribution in [0.2, 0.25) is 0 Å². The lowest BCUT2D eigenvalue weighted by atomic mass is 9.88. The predicted octanol–water partition coefficient (Wildman–Crippen LogP) is 5.53. The molecule has 1 atom stereocenters. The molecule has 33 heavy (non-hydrogen) atoms. The molecule has 8 heteroatoms. The van der Waals surface area contributed by atoms with E-state index in [1.165, 1.54) is 36.6 Å². The minimum absolute atomic E-state index is 0.0691. The number of amides is 2. The van der Waals surface area contributed by atoms with Crippen molar-refractivity contribution in [3.05, 3.63) is 69.8 Å². The van der Waals surface area contributed by atoms with E-state index in [4.69, 9.17) is 9.47 Å². The summed E-state index contributed by atoms with van der Waals surface area (Å²) < 4.78 is 24.8. The van der Waals surface area contributed by atoms with Gasteiger partial charge in [-0.05, 0) is 55.0 Å². The van der Waals surface area contributed by atoms with Crippen molar-refractivity contribution < 1.29 is 23.5 Å². The molecular weight excluding hydrogens is 443 g/mol. The summed E-state index contributed by atoms with van der Waals surface area (Å²) >= 11 is 1.38. The number of carbonyl (C=O) groups is 2. The Bertz CT molecular complexity index is 1210. The van der Waals surface area contributed by atoms with E-state index in [1.807, 2.05) is 0 Å². The Labute approximate surface area is 195 Å². The number of anilines is 2. The first-order chi connectivity index (χ1) is 15.9. The average Bonchev–Trinajstić information content (AvgIpc) is 3.16. The summed E-state index contributed by atoms with van der Waals surface area (Å²) in [7, 11) is 3.06. The maximum absolute atomic E-state index is 14.2. The smallest absolute Gasteiger partial charge is 0.259 e. The number of carbonyl (C=O) groups excluding carboxylic acids is 2. The molecule has 0 fully saturated rings. The fourth-order valence-electron chi connectivity index (χ4n) is 3.98. The number of rotatable bonds is 6. The first kappa shape index (κ1) is 22.8. The molecule has 1 heterocycles. The van der Waals surface area contributed by atoms with Gasteiger partial charge in [-0.25, -0.2) is 4.39 Å². The van der Waals surface area contributed by atoms with Gasteiger partial charge >= 0.3 is 0 Å². The summed E-state index contributed by atoms with van der Waals surface area (Å²) in [5, 5.41) is 6.11. The van der Waals surface area contributed by atoms with E-state index in [1.54, 1.807) is 31.4 Å². The van der Waals surface area contributed by atoms with Crippen LogP contribution >= 0.6 is 11.3 Å². The molecule has 0 bridgehead atoms. The summed E-state index contributed by atoms with van der Waals surface area (Å²) in [5.74, 6) is -0.00472. The molecule has 1 aliphatic rings. The molecule has 172 valence electrons. The van der Waals surface area contributed by atoms with Gasteiger partial charge in [0.25, 0.3) is 11.8 Å². The zero-order valence-corrected chi connectivity index (χ0v) is 19.5. The molecule has 0 saturated carbocycles. The lowest BCUT2D eigenvalue weighted by Crippen LogP contribution is -2.20. The second-order valence-electron chi connectivity index (χ2n) is 8.01. The van der Waals surface area contributed by atoms with Crippen molar-refractivity contribution >= 4 is 33.8 Å². The van der Waals surface area contributed by atoms with E-state index in [-0.39, 0.29) is 11.5 Å². The standard InChI is InChI=1S/C25H25FN2O4S/c1-14-8-10-17-21(12-14)33-25(28-23(29)16-6-4-5-7-18(16)26)22(17)24(30)27-19-11-9-15(31-2)13-20(19)32-3/h4-7,9,11,13-14H,8,10,12H2,1-3H3,(H,27,30)(H,28,29). The molecule has 1 aliphatic carbocycles. The fourth-order valence-corrected chi connectivity index (χ4v) is 5.38. The lowest BCUT2D eigenvalue weighted by molar-refractivity contribution is 0.102. The highest BCUT2D eigenvalue weighted by Crippen LogP contribution is 2.41. The van der Waals surface area contributed by atoms with Crippen LogP contribution < -0.4 is 20.1 Å². The number of hydrogen-bond acceptors (Lipinski definition) is 5. The molecule has 1 unspecified atom stereocenters. The van der Waals surface area contributed by atoms with Crippen LogP contribution in [0.1, 0.15) is 44.5 Å². The summed E-state index contributed by atoms with van der Waals surface area (Å²) in [6, 6.07) is 10.9. The third-order valence-electron chi connectivity index (χ3n) is 5.74. The Hall–Kier alpha value is -3.39. The van der Waals surface area contributed by atoms with Gasteiger partial charge in [-0.1, -0.05) is 19.1 Å². The lowest BCUT2D eigenvalue weighted by Gasteiger charge is -2.19. The van der Waals surface area contributed by atoms with Gasteiger partial charge in [0.15, 0.2) is 0 Å². The number of methoxy groups -OCH3 is 2. The molecule has 2 aromatic carbocycles. The number of hydrogen-bond donors (Lipinski definition) is 2. The number of ether oxygens (including phenoxy) is 2. The van der Waals surface area contributed by atoms with Crippen LogP contribution in [0.4, 0.5) is 15.1 Å². The molecule has 2 amide bonds. The molecule has 0 radical (unpaired) electrons. The maximum Gasteiger partial charge on any atom is 0.259 e. The van der Waals surface area contributed by atoms with E-state index in [2.05, 4.69) is 17.6 Å². The van der Waals surface area contributed by atoms with Gasteiger partial charge in [0.05, 0.1) is 31.0 Å². The number of halogens is 1. The van der Waals surface area contributed by atoms with Gasteiger partial charge < -0.3 is 20.1 Å². The highest BCUT2D eigenvalue weighted by molar-refractivity contribution is 7.17. The normalized spacial score (nSPS) is 14.8. The van der Waals surface area contributed by atoms with E-state index >= 15 is 0 Å². The van der Waals surface area contributed by atoms with Gasteiger partial charge in [-0.3, -0.25) is 9.59 Å². The number of thiophene rings is 1. The van der Waals surface area contributed by atoms with Crippen molar-refractivity contribution in [1.29, 1.82) is 0 Å². The van der Waals surface area contributed by atoms with Crippen molar-refractivity contribution in [3.8, 4) is 11.5 Å². The maximum atomic E-state index is 14.2. The largest absolute Gasteiger partial charge is 0.497 e. The van der Waals surface area contributed by atoms with E-state index in [0.717, 1.165) is 29.7 Å². The summed E-state index contributed by atoms with van der Waals surface area (Å²) in [4.78, 5) is 27.3. The topological polar surface area (TPSA) is 76.7 Å². The molecule has 2 N–H and O–H groups in total. The zero-order chi connectivity index (χ0) is 23.5. The molecule has 1 aromatic heterocycles. The van der Waals surface area contributed by atoms with Crippen LogP contribution in [0.3, 0.4) is 0 Å². The summed E-state index contributed by atoms with van der Waals surface area (Å²) in [6.45, 7) is 2.17. The molecule has 0 saturated heterocycles. The van der Waals surface area contributed by atoms with Crippen molar-refractivity contribution in [2.45, 2.75) is 26.2 Å². The number of fused-ring (bicyclic) bond motifs is 1. The number of nitrogens with one attached hydrogen (secondary N) is 2. The molecule has 0 spiro atoms. The first-order valence-corrected chi connectivity index (χ1v) is 11.5. The van der Waals surface area contributed by atoms with Crippen LogP contribution in [0.25, 0.3) is 0 Å². The van der Waals surface area contributed by atoms with Gasteiger partial charge in [0, 0.05) is 10.9 Å². The van der Waals surface area contributed by atoms with Crippen molar-refractivity contribution in [3.63, 3.8) is 0 Å². The van der Waals surface area contributed by atoms with Gasteiger partial charge in [0.2, 0.25) is 0 Å². The van der Waals surface area contributed by atoms with Gasteiger partial charge in [-0.15, -0.1) is 11.3 Å². The minimum atomic E-state index is -0.612. The second-order valence-corrected chi connectivity index (χ2v) is 9.12. The Morgan fingerprint density at radius 2 is 1.85 bits per heavy atom. The quantitative estimate of drug-likeness (QED) is 0.498. The Kier molecular flexibility index (Phi) is 6.65. The van der Waals surface area contributed by atoms with Gasteiger partial charge in [0.1, 0.15) is 22.3 Å². The Morgan fingerprint density at radius 1 is 1.06 bits per heavy atom. The monoisotopic (exact) mass is 468 g/mol. The third-order valence-corrected chi connectivity index (χ3v) is 6.91. The van der Waals surface area contributed by atoms with Crippen LogP contribution in [0.15, 0.2) is 42.5 Å². The highest BCUT2D eigenvalue weighted by Gasteiger charge is 2.29. The van der Waals surface area contributed by atoms with E-state index < -0.39 is 11.7 Å². The predicted molar refractivity (Wildman–Crippen MR) is 127 cm³/mol. The van der Waals surface area contributed by atoms with Crippen LogP contribution in [0.5, 0.6) is 11.5 Å². The fraction of sp³-hybridized carbons (Fsp3) is 0.280. The highest BCUT2D eigenvalue weighted by atomic mass is 32.1. The van der Waals surface area contributed by atoms with E-state index in [0.29, 0.717) is 33.7 Å². The average molecular weight is 469 g/mol. The zero-order valence-electron chi connectivity index (χ0n) is 18.7. The van der Waals surface area contributed by atoms with Crippen LogP contribution in [0, 0.1) is 11.7 Å². The second kappa shape index (κ2) is 9.62. The van der Waals surface area contributed by atoms with Gasteiger partial charge in [-0.2, -0.15) is 0 Å². The molecule has 0 aliphatic heterocycles. The van der Waals surface area contributed by atoms with Crippen molar-refractivity contribution in [2.24, 2.45) is 5.92 Å². The minimum Gasteiger partial charge on any atom is -0.497 e. The Balaban J connectivity index is 1.69. The number of benzene rings is 2. The van der Waals surface area contributed by atoms with Crippen LogP contribution in [-0.2, 0) is 12.8 Å². The van der Waals surface area contributed by atoms with Crippen molar-refractivity contribution in [1.82, 2.24) is 0 Å². The molecule has 6 nitrogen and oxygen atoms in total. The summed E-state index contributed by atoms with van der Waals surface area (Å²) in [5.41, 5.74) is 1.77. The summed E-state index contributed by atoms with van der Waals surface area (Å²) in [6.07, 6.45) is 2.53. The molecule has 3 aromatic rings. The van der Waals surface area contributed by atoms with E-state index in [9.17, 15) is 14.0 Å². The van der Waals surface area contributed by atoms with Crippen molar-refractivity contribution in [2.75, 3.05) is 24.9 Å². The molecular formula is C25H25FN2O4S.